The van der Waals surface area contributed by atoms with Gasteiger partial charge in [-0.1, -0.05) is 18.2 Å². The first kappa shape index (κ1) is 11.0. The summed E-state index contributed by atoms with van der Waals surface area (Å²) in [6.45, 7) is 2.59. The van der Waals surface area contributed by atoms with Crippen molar-refractivity contribution in [2.45, 2.75) is 13.1 Å². The van der Waals surface area contributed by atoms with Crippen molar-refractivity contribution >= 4 is 17.3 Å². The van der Waals surface area contributed by atoms with E-state index in [2.05, 4.69) is 10.2 Å². The van der Waals surface area contributed by atoms with E-state index in [4.69, 9.17) is 17.0 Å². The Morgan fingerprint density at radius 1 is 1.44 bits per heavy atom. The quantitative estimate of drug-likeness (QED) is 0.756. The van der Waals surface area contributed by atoms with Crippen LogP contribution in [-0.2, 0) is 0 Å². The Hall–Kier alpha value is -1.49. The summed E-state index contributed by atoms with van der Waals surface area (Å²) in [5.74, 6) is 0.838. The molecule has 84 valence electrons. The van der Waals surface area contributed by atoms with Crippen LogP contribution >= 0.6 is 12.2 Å². The highest BCUT2D eigenvalue weighted by atomic mass is 32.1. The van der Waals surface area contributed by atoms with Gasteiger partial charge in [-0.25, -0.2) is 0 Å². The van der Waals surface area contributed by atoms with Crippen LogP contribution in [0.3, 0.4) is 0 Å². The van der Waals surface area contributed by atoms with Gasteiger partial charge in [-0.15, -0.1) is 5.11 Å². The van der Waals surface area contributed by atoms with Gasteiger partial charge < -0.3 is 9.64 Å². The normalized spacial score (nSPS) is 19.2. The Morgan fingerprint density at radius 3 is 2.81 bits per heavy atom. The van der Waals surface area contributed by atoms with Gasteiger partial charge in [-0.3, -0.25) is 0 Å². The first-order chi connectivity index (χ1) is 7.74. The molecule has 0 amide bonds. The SMILES string of the molecule is CCOc1ccccc1C1N=NC(=S)N1C. The molecule has 1 aliphatic rings. The summed E-state index contributed by atoms with van der Waals surface area (Å²) in [6, 6.07) is 7.82. The second-order valence-corrected chi connectivity index (χ2v) is 3.82. The van der Waals surface area contributed by atoms with E-state index in [1.807, 2.05) is 43.1 Å². The van der Waals surface area contributed by atoms with Crippen molar-refractivity contribution in [2.75, 3.05) is 13.7 Å². The molecule has 0 fully saturated rings. The summed E-state index contributed by atoms with van der Waals surface area (Å²) in [4.78, 5) is 1.85. The molecule has 0 aromatic heterocycles. The van der Waals surface area contributed by atoms with E-state index in [1.54, 1.807) is 0 Å². The van der Waals surface area contributed by atoms with E-state index in [0.29, 0.717) is 11.7 Å². The lowest BCUT2D eigenvalue weighted by atomic mass is 10.1. The van der Waals surface area contributed by atoms with Gasteiger partial charge in [-0.2, -0.15) is 5.11 Å². The smallest absolute Gasteiger partial charge is 0.217 e. The maximum Gasteiger partial charge on any atom is 0.217 e. The predicted molar refractivity (Wildman–Crippen MR) is 65.6 cm³/mol. The van der Waals surface area contributed by atoms with Gasteiger partial charge in [0.1, 0.15) is 5.75 Å². The van der Waals surface area contributed by atoms with E-state index >= 15 is 0 Å². The largest absolute Gasteiger partial charge is 0.493 e. The zero-order valence-electron chi connectivity index (χ0n) is 9.25. The average molecular weight is 235 g/mol. The number of azo groups is 1. The molecule has 0 N–H and O–H groups in total. The Balaban J connectivity index is 2.33. The van der Waals surface area contributed by atoms with Crippen LogP contribution in [-0.4, -0.2) is 23.7 Å². The van der Waals surface area contributed by atoms with Crippen molar-refractivity contribution in [3.8, 4) is 5.75 Å². The van der Waals surface area contributed by atoms with Gasteiger partial charge in [0.25, 0.3) is 0 Å². The molecule has 0 spiro atoms. The predicted octanol–water partition coefficient (Wildman–Crippen LogP) is 2.77. The third-order valence-corrected chi connectivity index (χ3v) is 2.79. The maximum absolute atomic E-state index is 5.56. The number of hydrogen-bond acceptors (Lipinski definition) is 3. The third kappa shape index (κ3) is 1.90. The summed E-state index contributed by atoms with van der Waals surface area (Å²) < 4.78 is 5.56. The number of ether oxygens (including phenoxy) is 1. The van der Waals surface area contributed by atoms with Gasteiger partial charge in [-0.05, 0) is 25.2 Å². The molecule has 5 heteroatoms. The van der Waals surface area contributed by atoms with Crippen LogP contribution in [0.4, 0.5) is 0 Å². The Bertz CT molecular complexity index is 433. The molecular formula is C11H13N3OS. The lowest BCUT2D eigenvalue weighted by molar-refractivity contribution is 0.322. The number of hydrogen-bond donors (Lipinski definition) is 0. The van der Waals surface area contributed by atoms with Crippen LogP contribution in [0.2, 0.25) is 0 Å². The summed E-state index contributed by atoms with van der Waals surface area (Å²) in [7, 11) is 1.88. The van der Waals surface area contributed by atoms with Crippen LogP contribution < -0.4 is 4.74 Å². The first-order valence-corrected chi connectivity index (χ1v) is 5.54. The lowest BCUT2D eigenvalue weighted by Crippen LogP contribution is -2.22. The fourth-order valence-electron chi connectivity index (χ4n) is 1.61. The van der Waals surface area contributed by atoms with Crippen LogP contribution in [0.5, 0.6) is 5.75 Å². The average Bonchev–Trinajstić information content (AvgIpc) is 2.61. The summed E-state index contributed by atoms with van der Waals surface area (Å²) in [5, 5.41) is 8.55. The van der Waals surface area contributed by atoms with Crippen LogP contribution in [0, 0.1) is 0 Å². The minimum atomic E-state index is -0.157. The van der Waals surface area contributed by atoms with Crippen molar-refractivity contribution in [2.24, 2.45) is 10.2 Å². The van der Waals surface area contributed by atoms with E-state index < -0.39 is 0 Å². The number of para-hydroxylation sites is 1. The number of nitrogens with zero attached hydrogens (tertiary/aromatic N) is 3. The van der Waals surface area contributed by atoms with Gasteiger partial charge in [0.2, 0.25) is 5.11 Å². The monoisotopic (exact) mass is 235 g/mol. The van der Waals surface area contributed by atoms with Crippen LogP contribution in [0.1, 0.15) is 18.7 Å². The molecule has 1 aromatic carbocycles. The van der Waals surface area contributed by atoms with Gasteiger partial charge in [0.15, 0.2) is 6.17 Å². The second-order valence-electron chi connectivity index (χ2n) is 3.45. The molecule has 1 heterocycles. The van der Waals surface area contributed by atoms with E-state index in [-0.39, 0.29) is 6.17 Å². The summed E-state index contributed by atoms with van der Waals surface area (Å²) in [6.07, 6.45) is -0.157. The van der Waals surface area contributed by atoms with Crippen LogP contribution in [0.25, 0.3) is 0 Å². The Kier molecular flexibility index (Phi) is 3.14. The van der Waals surface area contributed by atoms with Crippen molar-refractivity contribution < 1.29 is 4.74 Å². The maximum atomic E-state index is 5.56. The molecule has 0 saturated heterocycles. The first-order valence-electron chi connectivity index (χ1n) is 5.13. The molecule has 4 nitrogen and oxygen atoms in total. The van der Waals surface area contributed by atoms with Crippen LogP contribution in [0.15, 0.2) is 34.5 Å². The minimum absolute atomic E-state index is 0.157. The summed E-state index contributed by atoms with van der Waals surface area (Å²) in [5.41, 5.74) is 0.996. The van der Waals surface area contributed by atoms with Crippen molar-refractivity contribution in [1.82, 2.24) is 4.90 Å². The molecule has 0 saturated carbocycles. The highest BCUT2D eigenvalue weighted by molar-refractivity contribution is 7.80. The zero-order valence-corrected chi connectivity index (χ0v) is 10.1. The molecule has 1 aromatic rings. The molecular weight excluding hydrogens is 222 g/mol. The molecule has 1 atom stereocenters. The number of thiocarbonyl (C=S) groups is 1. The summed E-state index contributed by atoms with van der Waals surface area (Å²) >= 11 is 5.05. The van der Waals surface area contributed by atoms with E-state index in [9.17, 15) is 0 Å². The molecule has 1 unspecified atom stereocenters. The molecule has 0 radical (unpaired) electrons. The van der Waals surface area contributed by atoms with Crippen molar-refractivity contribution in [1.29, 1.82) is 0 Å². The standard InChI is InChI=1S/C11H13N3OS/c1-3-15-9-7-5-4-6-8(9)10-12-13-11(16)14(10)2/h4-7,10H,3H2,1-2H3. The molecule has 2 rings (SSSR count). The minimum Gasteiger partial charge on any atom is -0.493 e. The molecule has 0 bridgehead atoms. The van der Waals surface area contributed by atoms with Crippen molar-refractivity contribution in [3.63, 3.8) is 0 Å². The lowest BCUT2D eigenvalue weighted by Gasteiger charge is -2.20. The Morgan fingerprint density at radius 2 is 2.19 bits per heavy atom. The zero-order chi connectivity index (χ0) is 11.5. The number of rotatable bonds is 3. The number of benzene rings is 1. The fourth-order valence-corrected chi connectivity index (χ4v) is 1.76. The van der Waals surface area contributed by atoms with Gasteiger partial charge in [0, 0.05) is 12.6 Å². The van der Waals surface area contributed by atoms with Gasteiger partial charge >= 0.3 is 0 Å². The highest BCUT2D eigenvalue weighted by Gasteiger charge is 2.26. The highest BCUT2D eigenvalue weighted by Crippen LogP contribution is 2.33. The van der Waals surface area contributed by atoms with Gasteiger partial charge in [0.05, 0.1) is 6.61 Å². The van der Waals surface area contributed by atoms with E-state index in [1.165, 1.54) is 0 Å². The topological polar surface area (TPSA) is 37.2 Å². The molecule has 16 heavy (non-hydrogen) atoms. The Labute approximate surface area is 99.9 Å². The third-order valence-electron chi connectivity index (χ3n) is 2.42. The molecule has 1 aliphatic heterocycles. The molecule has 0 aliphatic carbocycles. The second kappa shape index (κ2) is 4.57. The van der Waals surface area contributed by atoms with Crippen molar-refractivity contribution in [3.05, 3.63) is 29.8 Å². The fraction of sp³-hybridized carbons (Fsp3) is 0.364. The van der Waals surface area contributed by atoms with E-state index in [0.717, 1.165) is 11.3 Å².